The smallest absolute Gasteiger partial charge is 0.394 e. The van der Waals surface area contributed by atoms with Crippen molar-refractivity contribution in [1.82, 2.24) is 0 Å². The first kappa shape index (κ1) is 72.3. The molecule has 0 aliphatic carbocycles. The SMILES string of the molecule is O=P(O)(O)OP(=O)(O)OP(=O)(OCC(CO)OCc1ccccc1)OP(=O)(OCC(CO)OCc1ccccc1)OP(=O)(OCC(CO)OCc1ccccc1)OP(=O)(OCC(CO)OCc1ccccc1)OCC(CO)OCc1ccccc1. The van der Waals surface area contributed by atoms with E-state index in [1.807, 2.05) is 0 Å². The van der Waals surface area contributed by atoms with Gasteiger partial charge in [-0.05, 0) is 27.8 Å². The van der Waals surface area contributed by atoms with E-state index in [0.717, 1.165) is 0 Å². The van der Waals surface area contributed by atoms with Gasteiger partial charge in [-0.25, -0.2) is 27.4 Å². The van der Waals surface area contributed by atoms with Crippen LogP contribution in [0.4, 0.5) is 0 Å². The molecule has 8 N–H and O–H groups in total. The Balaban J connectivity index is 1.60. The fourth-order valence-electron chi connectivity index (χ4n) is 6.49. The lowest BCUT2D eigenvalue weighted by molar-refractivity contribution is -0.0459. The molecule has 0 spiro atoms. The Morgan fingerprint density at radius 1 is 0.282 bits per heavy atom. The number of hydrogen-bond acceptors (Lipinski definition) is 26. The van der Waals surface area contributed by atoms with E-state index in [1.54, 1.807) is 152 Å². The van der Waals surface area contributed by atoms with Gasteiger partial charge in [-0.3, -0.25) is 22.6 Å². The summed E-state index contributed by atoms with van der Waals surface area (Å²) in [5, 5.41) is 51.8. The van der Waals surface area contributed by atoms with E-state index in [0.29, 0.717) is 27.8 Å². The molecule has 29 nitrogen and oxygen atoms in total. The molecule has 472 valence electrons. The van der Waals surface area contributed by atoms with Gasteiger partial charge in [0.2, 0.25) is 0 Å². The van der Waals surface area contributed by atoms with Crippen LogP contribution in [-0.2, 0) is 128 Å². The molecule has 9 atom stereocenters. The summed E-state index contributed by atoms with van der Waals surface area (Å²) in [5.41, 5.74) is 2.77. The van der Waals surface area contributed by atoms with Crippen LogP contribution in [0.1, 0.15) is 27.8 Å². The Hall–Kier alpha value is -3.44. The number of phosphoric acid groups is 6. The highest BCUT2D eigenvalue weighted by molar-refractivity contribution is 7.73. The number of aliphatic hydroxyl groups is 5. The summed E-state index contributed by atoms with van der Waals surface area (Å²) in [6.07, 6.45) is -7.57. The number of ether oxygens (including phenoxy) is 5. The number of hydrogen-bond donors (Lipinski definition) is 8. The standard InChI is InChI=1S/C50H68O29P6/c51-26-46(65-31-41-16-6-1-7-17-41)36-70-82(61,71-37-47(27-52)66-32-42-18-8-2-9-19-42)77-84(63,73-39-49(29-54)68-34-44-22-12-4-13-23-44)79-85(64,74-40-50(30-55)69-35-45-24-14-5-15-25-45)78-83(62,76-81(59,60)75-80(56,57)58)72-38-48(28-53)67-33-43-20-10-3-11-21-43/h1-25,46-55H,26-40H2,(H,59,60)(H2,56,57,58). The third-order valence-corrected chi connectivity index (χ3v) is 21.2. The van der Waals surface area contributed by atoms with Crippen molar-refractivity contribution in [1.29, 1.82) is 0 Å². The molecule has 0 aliphatic rings. The largest absolute Gasteiger partial charge is 0.492 e. The van der Waals surface area contributed by atoms with Crippen molar-refractivity contribution in [3.05, 3.63) is 179 Å². The van der Waals surface area contributed by atoms with Gasteiger partial charge in [0.15, 0.2) is 0 Å². The van der Waals surface area contributed by atoms with Crippen molar-refractivity contribution in [2.75, 3.05) is 66.1 Å². The Labute approximate surface area is 489 Å². The van der Waals surface area contributed by atoms with Gasteiger partial charge in [0.05, 0.1) is 99.1 Å². The average Bonchev–Trinajstić information content (AvgIpc) is 3.65. The minimum absolute atomic E-state index is 0.165. The summed E-state index contributed by atoms with van der Waals surface area (Å²) < 4.78 is 166. The van der Waals surface area contributed by atoms with Crippen LogP contribution in [0.25, 0.3) is 0 Å². The van der Waals surface area contributed by atoms with E-state index in [4.69, 9.17) is 59.2 Å². The third kappa shape index (κ3) is 28.7. The molecule has 85 heavy (non-hydrogen) atoms. The molecule has 5 aromatic carbocycles. The molecule has 5 rings (SSSR count). The Bertz CT molecular complexity index is 2900. The lowest BCUT2D eigenvalue weighted by atomic mass is 10.2. The number of benzene rings is 5. The van der Waals surface area contributed by atoms with Crippen LogP contribution >= 0.6 is 46.9 Å². The lowest BCUT2D eigenvalue weighted by Gasteiger charge is -2.29. The summed E-state index contributed by atoms with van der Waals surface area (Å²) >= 11 is 0. The Morgan fingerprint density at radius 2 is 0.482 bits per heavy atom. The molecular formula is C50H68O29P6. The van der Waals surface area contributed by atoms with Crippen molar-refractivity contribution in [3.63, 3.8) is 0 Å². The molecule has 0 heterocycles. The summed E-state index contributed by atoms with van der Waals surface area (Å²) in [7, 11) is -37.8. The van der Waals surface area contributed by atoms with E-state index in [1.165, 1.54) is 0 Å². The van der Waals surface area contributed by atoms with Gasteiger partial charge < -0.3 is 63.9 Å². The first-order chi connectivity index (χ1) is 40.6. The third-order valence-electron chi connectivity index (χ3n) is 10.8. The van der Waals surface area contributed by atoms with Crippen LogP contribution in [0.2, 0.25) is 0 Å². The zero-order valence-electron chi connectivity index (χ0n) is 45.3. The molecule has 0 bridgehead atoms. The number of rotatable bonds is 45. The zero-order valence-corrected chi connectivity index (χ0v) is 50.6. The lowest BCUT2D eigenvalue weighted by Crippen LogP contribution is -2.27. The van der Waals surface area contributed by atoms with E-state index >= 15 is 13.7 Å². The van der Waals surface area contributed by atoms with Crippen LogP contribution in [-0.4, -0.2) is 137 Å². The fraction of sp³-hybridized carbons (Fsp3) is 0.400. The summed E-state index contributed by atoms with van der Waals surface area (Å²) in [5.74, 6) is 0. The van der Waals surface area contributed by atoms with Gasteiger partial charge in [-0.15, -0.1) is 0 Å². The molecular weight excluding hydrogens is 1250 g/mol. The molecule has 0 aromatic heterocycles. The van der Waals surface area contributed by atoms with Gasteiger partial charge in [-0.1, -0.05) is 152 Å². The Morgan fingerprint density at radius 3 is 0.694 bits per heavy atom. The van der Waals surface area contributed by atoms with Crippen molar-refractivity contribution in [3.8, 4) is 0 Å². The molecule has 9 unspecified atom stereocenters. The second-order valence-electron chi connectivity index (χ2n) is 17.6. The maximum Gasteiger partial charge on any atom is 0.492 e. The molecule has 35 heteroatoms. The van der Waals surface area contributed by atoms with Crippen molar-refractivity contribution in [2.24, 2.45) is 0 Å². The van der Waals surface area contributed by atoms with Gasteiger partial charge in [0.1, 0.15) is 30.5 Å². The quantitative estimate of drug-likeness (QED) is 0.0173. The monoisotopic (exact) mass is 1320 g/mol. The van der Waals surface area contributed by atoms with E-state index in [9.17, 15) is 53.9 Å². The highest BCUT2D eigenvalue weighted by atomic mass is 31.3. The molecule has 0 saturated heterocycles. The zero-order chi connectivity index (χ0) is 61.7. The number of phosphoric ester groups is 1. The average molecular weight is 1320 g/mol. The Kier molecular flexibility index (Phi) is 31.4. The second kappa shape index (κ2) is 36.9. The predicted octanol–water partition coefficient (Wildman–Crippen LogP) is 7.67. The van der Waals surface area contributed by atoms with E-state index < -0.39 is 144 Å². The summed E-state index contributed by atoms with van der Waals surface area (Å²) in [6, 6.07) is 41.6. The minimum atomic E-state index is -6.56. The van der Waals surface area contributed by atoms with E-state index in [2.05, 4.69) is 8.62 Å². The molecule has 0 saturated carbocycles. The van der Waals surface area contributed by atoms with Gasteiger partial charge in [-0.2, -0.15) is 21.6 Å². The normalized spacial score (nSPS) is 17.5. The number of aliphatic hydroxyl groups excluding tert-OH is 5. The molecule has 0 fully saturated rings. The summed E-state index contributed by atoms with van der Waals surface area (Å²) in [4.78, 5) is 29.5. The van der Waals surface area contributed by atoms with Gasteiger partial charge >= 0.3 is 46.9 Å². The van der Waals surface area contributed by atoms with Crippen LogP contribution in [0.3, 0.4) is 0 Å². The van der Waals surface area contributed by atoms with Crippen LogP contribution < -0.4 is 0 Å². The molecule has 0 amide bonds. The maximum absolute atomic E-state index is 15.5. The van der Waals surface area contributed by atoms with Crippen molar-refractivity contribution < 1.29 is 135 Å². The predicted molar refractivity (Wildman–Crippen MR) is 298 cm³/mol. The molecule has 0 radical (unpaired) electrons. The first-order valence-electron chi connectivity index (χ1n) is 25.5. The van der Waals surface area contributed by atoms with Gasteiger partial charge in [0.25, 0.3) is 0 Å². The molecule has 0 aliphatic heterocycles. The van der Waals surface area contributed by atoms with Crippen molar-refractivity contribution >= 4 is 46.9 Å². The van der Waals surface area contributed by atoms with Crippen molar-refractivity contribution in [2.45, 2.75) is 63.6 Å². The van der Waals surface area contributed by atoms with Crippen LogP contribution in [0.5, 0.6) is 0 Å². The van der Waals surface area contributed by atoms with Gasteiger partial charge in [0, 0.05) is 0 Å². The maximum atomic E-state index is 15.5. The van der Waals surface area contributed by atoms with E-state index in [-0.39, 0.29) is 33.0 Å². The summed E-state index contributed by atoms with van der Waals surface area (Å²) in [6.45, 7) is -11.3. The second-order valence-corrected chi connectivity index (χ2v) is 27.7. The van der Waals surface area contributed by atoms with Crippen LogP contribution in [0, 0.1) is 0 Å². The van der Waals surface area contributed by atoms with Crippen LogP contribution in [0.15, 0.2) is 152 Å². The highest BCUT2D eigenvalue weighted by Gasteiger charge is 2.54. The minimum Gasteiger partial charge on any atom is -0.394 e. The molecule has 5 aromatic rings. The first-order valence-corrected chi connectivity index (χ1v) is 34.4. The topological polar surface area (TPSA) is 403 Å². The highest BCUT2D eigenvalue weighted by Crippen LogP contribution is 2.79. The fourth-order valence-corrected chi connectivity index (χ4v) is 16.4.